The first-order valence-corrected chi connectivity index (χ1v) is 6.79. The number of aryl methyl sites for hydroxylation is 1. The normalized spacial score (nSPS) is 10.6. The van der Waals surface area contributed by atoms with E-state index in [-0.39, 0.29) is 0 Å². The molecule has 0 aromatic carbocycles. The Bertz CT molecular complexity index is 642. The van der Waals surface area contributed by atoms with Crippen LogP contribution in [0.5, 0.6) is 0 Å². The molecule has 0 aliphatic carbocycles. The van der Waals surface area contributed by atoms with Gasteiger partial charge in [0.1, 0.15) is 16.6 Å². The molecule has 19 heavy (non-hydrogen) atoms. The number of rotatable bonds is 4. The molecule has 0 unspecified atom stereocenters. The Kier molecular flexibility index (Phi) is 3.24. The zero-order valence-corrected chi connectivity index (χ0v) is 11.3. The fraction of sp³-hybridized carbons (Fsp3) is 0.154. The molecule has 3 aromatic rings. The van der Waals surface area contributed by atoms with Crippen molar-refractivity contribution in [3.05, 3.63) is 53.1 Å². The van der Waals surface area contributed by atoms with Crippen LogP contribution in [0, 0.1) is 6.92 Å². The van der Waals surface area contributed by atoms with Crippen LogP contribution in [0.15, 0.2) is 42.3 Å². The molecular weight excluding hydrogens is 258 g/mol. The van der Waals surface area contributed by atoms with Gasteiger partial charge in [-0.25, -0.2) is 15.0 Å². The van der Waals surface area contributed by atoms with Crippen LogP contribution in [0.4, 0.5) is 5.69 Å². The maximum atomic E-state index is 4.43. The van der Waals surface area contributed by atoms with Gasteiger partial charge in [-0.2, -0.15) is 0 Å². The Hall–Kier alpha value is -2.21. The number of hydrogen-bond acceptors (Lipinski definition) is 5. The van der Waals surface area contributed by atoms with Gasteiger partial charge >= 0.3 is 0 Å². The fourth-order valence-electron chi connectivity index (χ4n) is 1.77. The highest BCUT2D eigenvalue weighted by Gasteiger charge is 2.02. The van der Waals surface area contributed by atoms with E-state index in [9.17, 15) is 0 Å². The Labute approximate surface area is 115 Å². The SMILES string of the molecule is Cc1nccn1-c1ccc(NCc2nccs2)cn1. The second-order valence-corrected chi connectivity index (χ2v) is 5.01. The average Bonchev–Trinajstić information content (AvgIpc) is 3.08. The number of nitrogens with zero attached hydrogens (tertiary/aromatic N) is 4. The predicted molar refractivity (Wildman–Crippen MR) is 75.5 cm³/mol. The largest absolute Gasteiger partial charge is 0.377 e. The third-order valence-corrected chi connectivity index (χ3v) is 3.53. The third kappa shape index (κ3) is 2.63. The number of anilines is 1. The summed E-state index contributed by atoms with van der Waals surface area (Å²) in [5.41, 5.74) is 0.983. The van der Waals surface area contributed by atoms with Crippen molar-refractivity contribution in [2.45, 2.75) is 13.5 Å². The van der Waals surface area contributed by atoms with Gasteiger partial charge in [0.2, 0.25) is 0 Å². The molecule has 0 aliphatic rings. The molecule has 0 atom stereocenters. The van der Waals surface area contributed by atoms with E-state index in [1.54, 1.807) is 17.5 Å². The van der Waals surface area contributed by atoms with Crippen LogP contribution >= 0.6 is 11.3 Å². The molecule has 3 heterocycles. The number of hydrogen-bond donors (Lipinski definition) is 1. The molecule has 0 radical (unpaired) electrons. The summed E-state index contributed by atoms with van der Waals surface area (Å²) in [4.78, 5) is 12.8. The van der Waals surface area contributed by atoms with Crippen LogP contribution in [0.1, 0.15) is 10.8 Å². The topological polar surface area (TPSA) is 55.6 Å². The smallest absolute Gasteiger partial charge is 0.138 e. The summed E-state index contributed by atoms with van der Waals surface area (Å²) < 4.78 is 1.95. The summed E-state index contributed by atoms with van der Waals surface area (Å²) in [6.07, 6.45) is 7.30. The van der Waals surface area contributed by atoms with E-state index in [2.05, 4.69) is 20.3 Å². The summed E-state index contributed by atoms with van der Waals surface area (Å²) in [6.45, 7) is 2.68. The molecule has 1 N–H and O–H groups in total. The van der Waals surface area contributed by atoms with Crippen LogP contribution < -0.4 is 5.32 Å². The van der Waals surface area contributed by atoms with Crippen molar-refractivity contribution in [3.8, 4) is 5.82 Å². The molecular formula is C13H13N5S. The number of nitrogens with one attached hydrogen (secondary N) is 1. The van der Waals surface area contributed by atoms with Crippen LogP contribution in [-0.4, -0.2) is 19.5 Å². The Morgan fingerprint density at radius 2 is 2.16 bits per heavy atom. The minimum atomic E-state index is 0.725. The van der Waals surface area contributed by atoms with Crippen molar-refractivity contribution < 1.29 is 0 Å². The van der Waals surface area contributed by atoms with E-state index in [0.717, 1.165) is 28.9 Å². The monoisotopic (exact) mass is 271 g/mol. The van der Waals surface area contributed by atoms with Gasteiger partial charge in [0.25, 0.3) is 0 Å². The zero-order chi connectivity index (χ0) is 13.1. The van der Waals surface area contributed by atoms with E-state index in [1.165, 1.54) is 0 Å². The molecule has 96 valence electrons. The van der Waals surface area contributed by atoms with Crippen molar-refractivity contribution in [1.82, 2.24) is 19.5 Å². The lowest BCUT2D eigenvalue weighted by Gasteiger charge is -2.07. The molecule has 0 bridgehead atoms. The van der Waals surface area contributed by atoms with Crippen LogP contribution in [-0.2, 0) is 6.54 Å². The molecule has 0 spiro atoms. The van der Waals surface area contributed by atoms with Gasteiger partial charge in [-0.3, -0.25) is 4.57 Å². The standard InChI is InChI=1S/C13H13N5S/c1-10-14-4-6-18(10)12-3-2-11(8-17-12)16-9-13-15-5-7-19-13/h2-8,16H,9H2,1H3. The third-order valence-electron chi connectivity index (χ3n) is 2.75. The highest BCUT2D eigenvalue weighted by molar-refractivity contribution is 7.09. The Morgan fingerprint density at radius 1 is 1.21 bits per heavy atom. The lowest BCUT2D eigenvalue weighted by molar-refractivity contribution is 0.932. The van der Waals surface area contributed by atoms with Crippen LogP contribution in [0.3, 0.4) is 0 Å². The zero-order valence-electron chi connectivity index (χ0n) is 10.4. The Morgan fingerprint density at radius 3 is 2.79 bits per heavy atom. The fourth-order valence-corrected chi connectivity index (χ4v) is 2.33. The number of imidazole rings is 1. The van der Waals surface area contributed by atoms with E-state index in [4.69, 9.17) is 0 Å². The molecule has 5 nitrogen and oxygen atoms in total. The molecule has 6 heteroatoms. The van der Waals surface area contributed by atoms with Gasteiger partial charge in [-0.05, 0) is 19.1 Å². The average molecular weight is 271 g/mol. The highest BCUT2D eigenvalue weighted by Crippen LogP contribution is 2.13. The van der Waals surface area contributed by atoms with E-state index < -0.39 is 0 Å². The summed E-state index contributed by atoms with van der Waals surface area (Å²) >= 11 is 1.64. The van der Waals surface area contributed by atoms with E-state index in [1.807, 2.05) is 47.6 Å². The van der Waals surface area contributed by atoms with E-state index in [0.29, 0.717) is 0 Å². The van der Waals surface area contributed by atoms with E-state index >= 15 is 0 Å². The Balaban J connectivity index is 1.71. The lowest BCUT2D eigenvalue weighted by Crippen LogP contribution is -2.02. The maximum absolute atomic E-state index is 4.43. The quantitative estimate of drug-likeness (QED) is 0.792. The molecule has 0 aliphatic heterocycles. The van der Waals surface area contributed by atoms with Gasteiger partial charge in [0.15, 0.2) is 0 Å². The second kappa shape index (κ2) is 5.19. The van der Waals surface area contributed by atoms with Crippen molar-refractivity contribution in [2.75, 3.05) is 5.32 Å². The molecule has 3 rings (SSSR count). The van der Waals surface area contributed by atoms with Crippen molar-refractivity contribution in [1.29, 1.82) is 0 Å². The highest BCUT2D eigenvalue weighted by atomic mass is 32.1. The molecule has 0 saturated heterocycles. The number of aromatic nitrogens is 4. The van der Waals surface area contributed by atoms with Gasteiger partial charge in [0.05, 0.1) is 18.4 Å². The summed E-state index contributed by atoms with van der Waals surface area (Å²) in [7, 11) is 0. The van der Waals surface area contributed by atoms with Crippen molar-refractivity contribution in [3.63, 3.8) is 0 Å². The first-order chi connectivity index (χ1) is 9.33. The minimum Gasteiger partial charge on any atom is -0.377 e. The first-order valence-electron chi connectivity index (χ1n) is 5.91. The van der Waals surface area contributed by atoms with Gasteiger partial charge < -0.3 is 5.32 Å². The van der Waals surface area contributed by atoms with Crippen LogP contribution in [0.2, 0.25) is 0 Å². The summed E-state index contributed by atoms with van der Waals surface area (Å²) in [6, 6.07) is 3.98. The molecule has 0 saturated carbocycles. The molecule has 3 aromatic heterocycles. The first kappa shape index (κ1) is 11.9. The minimum absolute atomic E-state index is 0.725. The van der Waals surface area contributed by atoms with Gasteiger partial charge in [-0.15, -0.1) is 11.3 Å². The second-order valence-electron chi connectivity index (χ2n) is 4.03. The predicted octanol–water partition coefficient (Wildman–Crippen LogP) is 2.64. The summed E-state index contributed by atoms with van der Waals surface area (Å²) in [5.74, 6) is 1.80. The molecule has 0 fully saturated rings. The maximum Gasteiger partial charge on any atom is 0.138 e. The number of pyridine rings is 1. The lowest BCUT2D eigenvalue weighted by atomic mass is 10.4. The van der Waals surface area contributed by atoms with Crippen LogP contribution in [0.25, 0.3) is 5.82 Å². The number of thiazole rings is 1. The molecule has 0 amide bonds. The van der Waals surface area contributed by atoms with Crippen molar-refractivity contribution in [2.24, 2.45) is 0 Å². The van der Waals surface area contributed by atoms with Crippen molar-refractivity contribution >= 4 is 17.0 Å². The van der Waals surface area contributed by atoms with Gasteiger partial charge in [-0.1, -0.05) is 0 Å². The van der Waals surface area contributed by atoms with Gasteiger partial charge in [0, 0.05) is 24.0 Å². The summed E-state index contributed by atoms with van der Waals surface area (Å²) in [5, 5.41) is 6.33.